The molecule has 214 valence electrons. The molecule has 40 heavy (non-hydrogen) atoms. The third-order valence-corrected chi connectivity index (χ3v) is 10.9. The molecule has 1 unspecified atom stereocenters. The average Bonchev–Trinajstić information content (AvgIpc) is 3.45. The summed E-state index contributed by atoms with van der Waals surface area (Å²) in [4.78, 5) is 17.7. The summed E-state index contributed by atoms with van der Waals surface area (Å²) in [6.45, 7) is 3.30. The minimum Gasteiger partial charge on any atom is -0.464 e. The van der Waals surface area contributed by atoms with Crippen molar-refractivity contribution in [2.45, 2.75) is 63.5 Å². The number of sulfone groups is 1. The quantitative estimate of drug-likeness (QED) is 0.407. The number of likely N-dealkylation sites (tertiary alicyclic amines) is 1. The van der Waals surface area contributed by atoms with Gasteiger partial charge in [-0.05, 0) is 100 Å². The fraction of sp³-hybridized carbons (Fsp3) is 0.531. The van der Waals surface area contributed by atoms with Crippen LogP contribution in [0.4, 0.5) is 5.69 Å². The lowest BCUT2D eigenvalue weighted by atomic mass is 9.83. The van der Waals surface area contributed by atoms with E-state index in [0.29, 0.717) is 30.6 Å². The van der Waals surface area contributed by atoms with E-state index in [1.807, 2.05) is 36.6 Å². The Morgan fingerprint density at radius 3 is 2.48 bits per heavy atom. The van der Waals surface area contributed by atoms with Gasteiger partial charge in [0.05, 0.1) is 17.8 Å². The van der Waals surface area contributed by atoms with Crippen molar-refractivity contribution in [3.63, 3.8) is 0 Å². The number of nitrogens with zero attached hydrogens (tertiary/aromatic N) is 2. The van der Waals surface area contributed by atoms with Gasteiger partial charge in [0.1, 0.15) is 5.76 Å². The van der Waals surface area contributed by atoms with Crippen molar-refractivity contribution in [3.8, 4) is 11.3 Å². The van der Waals surface area contributed by atoms with Crippen molar-refractivity contribution in [3.05, 3.63) is 65.9 Å². The maximum Gasteiger partial charge on any atom is 0.251 e. The van der Waals surface area contributed by atoms with Crippen LogP contribution in [-0.4, -0.2) is 63.0 Å². The lowest BCUT2D eigenvalue weighted by Gasteiger charge is -2.37. The van der Waals surface area contributed by atoms with Gasteiger partial charge < -0.3 is 14.6 Å². The molecule has 1 N–H and O–H groups in total. The first-order valence-electron chi connectivity index (χ1n) is 15.0. The molecule has 1 aromatic rings. The van der Waals surface area contributed by atoms with Crippen LogP contribution in [0.1, 0.15) is 73.3 Å². The molecule has 2 aliphatic carbocycles. The van der Waals surface area contributed by atoms with Crippen molar-refractivity contribution < 1.29 is 17.6 Å². The lowest BCUT2D eigenvalue weighted by Crippen LogP contribution is -2.40. The number of nitrogens with one attached hydrogen (secondary N) is 1. The van der Waals surface area contributed by atoms with Crippen LogP contribution in [0.5, 0.6) is 0 Å². The van der Waals surface area contributed by atoms with E-state index in [1.54, 1.807) is 0 Å². The molecule has 8 heteroatoms. The van der Waals surface area contributed by atoms with Gasteiger partial charge in [-0.2, -0.15) is 0 Å². The molecule has 1 aromatic carbocycles. The van der Waals surface area contributed by atoms with Gasteiger partial charge in [0.15, 0.2) is 9.84 Å². The second kappa shape index (κ2) is 12.0. The summed E-state index contributed by atoms with van der Waals surface area (Å²) < 4.78 is 29.3. The number of piperidine rings is 1. The first-order chi connectivity index (χ1) is 19.4. The van der Waals surface area contributed by atoms with Gasteiger partial charge in [-0.1, -0.05) is 18.6 Å². The Labute approximate surface area is 238 Å². The summed E-state index contributed by atoms with van der Waals surface area (Å²) in [6.07, 6.45) is 11.3. The molecular weight excluding hydrogens is 522 g/mol. The van der Waals surface area contributed by atoms with Crippen LogP contribution in [0.3, 0.4) is 0 Å². The van der Waals surface area contributed by atoms with Crippen molar-refractivity contribution in [1.82, 2.24) is 10.2 Å². The molecule has 0 aromatic heterocycles. The Balaban J connectivity index is 0.959. The first kappa shape index (κ1) is 27.3. The molecular formula is C32H41N3O4S. The molecule has 0 radical (unpaired) electrons. The van der Waals surface area contributed by atoms with E-state index in [-0.39, 0.29) is 23.5 Å². The predicted octanol–water partition coefficient (Wildman–Crippen LogP) is 5.53. The van der Waals surface area contributed by atoms with E-state index in [9.17, 15) is 13.2 Å². The summed E-state index contributed by atoms with van der Waals surface area (Å²) in [5, 5.41) is 3.26. The fourth-order valence-corrected chi connectivity index (χ4v) is 8.01. The molecule has 7 nitrogen and oxygen atoms in total. The SMILES string of the molecule is O=C(NC1CCC(CCN2CCCCC2c2coc3cccc-3c2)CC1)c1ccc(N2CCS(=O)(=O)CC2)cc1. The van der Waals surface area contributed by atoms with Crippen LogP contribution < -0.4 is 10.2 Å². The normalized spacial score (nSPS) is 25.6. The average molecular weight is 564 g/mol. The monoisotopic (exact) mass is 563 g/mol. The molecule has 0 spiro atoms. The molecule has 5 aliphatic rings. The van der Waals surface area contributed by atoms with E-state index in [0.717, 1.165) is 50.2 Å². The Hall–Kier alpha value is -2.84. The number of fused-ring (bicyclic) bond motifs is 1. The summed E-state index contributed by atoms with van der Waals surface area (Å²) in [6, 6.07) is 16.8. The molecule has 2 saturated heterocycles. The number of carbonyl (C=O) groups is 1. The maximum atomic E-state index is 12.9. The Morgan fingerprint density at radius 1 is 0.925 bits per heavy atom. The maximum absolute atomic E-state index is 12.9. The molecule has 0 bridgehead atoms. The van der Waals surface area contributed by atoms with E-state index in [2.05, 4.69) is 33.3 Å². The molecule has 1 saturated carbocycles. The second-order valence-corrected chi connectivity index (χ2v) is 14.2. The topological polar surface area (TPSA) is 82.9 Å². The number of anilines is 1. The smallest absolute Gasteiger partial charge is 0.251 e. The van der Waals surface area contributed by atoms with Gasteiger partial charge in [-0.3, -0.25) is 9.69 Å². The van der Waals surface area contributed by atoms with Crippen LogP contribution in [-0.2, 0) is 9.84 Å². The zero-order valence-electron chi connectivity index (χ0n) is 23.3. The number of hydrogen-bond donors (Lipinski definition) is 1. The van der Waals surface area contributed by atoms with Gasteiger partial charge in [0, 0.05) is 47.6 Å². The summed E-state index contributed by atoms with van der Waals surface area (Å²) in [5.41, 5.74) is 4.14. The third kappa shape index (κ3) is 6.39. The van der Waals surface area contributed by atoms with Crippen LogP contribution in [0.15, 0.2) is 59.2 Å². The molecule has 6 rings (SSSR count). The van der Waals surface area contributed by atoms with E-state index in [1.165, 1.54) is 36.8 Å². The fourth-order valence-electron chi connectivity index (χ4n) is 6.81. The van der Waals surface area contributed by atoms with Crippen molar-refractivity contribution in [1.29, 1.82) is 0 Å². The molecule has 1 atom stereocenters. The minimum absolute atomic E-state index is 0.0143. The largest absolute Gasteiger partial charge is 0.464 e. The van der Waals surface area contributed by atoms with Crippen molar-refractivity contribution >= 4 is 21.4 Å². The summed E-state index contributed by atoms with van der Waals surface area (Å²) in [5.74, 6) is 2.05. The molecule has 1 amide bonds. The highest BCUT2D eigenvalue weighted by atomic mass is 32.2. The lowest BCUT2D eigenvalue weighted by molar-refractivity contribution is 0.0915. The number of amides is 1. The van der Waals surface area contributed by atoms with Gasteiger partial charge in [-0.15, -0.1) is 0 Å². The standard InChI is InChI=1S/C32H41N3O4S/c36-32(25-9-13-29(14-10-25)34-18-20-40(37,38)21-19-34)33-28-11-7-24(8-12-28)15-17-35-16-2-1-5-30(35)27-22-26-4-3-6-31(26)39-23-27/h3-4,6,9-10,13-14,22-24,28,30H,1-2,5,7-8,11-12,15-21H2,(H,33,36). The predicted molar refractivity (Wildman–Crippen MR) is 159 cm³/mol. The van der Waals surface area contributed by atoms with Gasteiger partial charge in [-0.25, -0.2) is 8.42 Å². The molecule has 3 aliphatic heterocycles. The molecule has 3 fully saturated rings. The van der Waals surface area contributed by atoms with Crippen molar-refractivity contribution in [2.24, 2.45) is 5.92 Å². The number of rotatable bonds is 7. The zero-order valence-corrected chi connectivity index (χ0v) is 24.1. The van der Waals surface area contributed by atoms with E-state index >= 15 is 0 Å². The third-order valence-electron chi connectivity index (χ3n) is 9.30. The second-order valence-electron chi connectivity index (χ2n) is 11.9. The number of carbonyl (C=O) groups excluding carboxylic acids is 1. The Kier molecular flexibility index (Phi) is 8.17. The van der Waals surface area contributed by atoms with Crippen LogP contribution in [0.2, 0.25) is 0 Å². The van der Waals surface area contributed by atoms with Gasteiger partial charge in [0.2, 0.25) is 0 Å². The zero-order chi connectivity index (χ0) is 27.5. The summed E-state index contributed by atoms with van der Waals surface area (Å²) >= 11 is 0. The number of hydrogen-bond acceptors (Lipinski definition) is 6. The molecule has 3 heterocycles. The number of benzene rings is 1. The highest BCUT2D eigenvalue weighted by Gasteiger charge is 2.28. The van der Waals surface area contributed by atoms with E-state index in [4.69, 9.17) is 4.42 Å². The van der Waals surface area contributed by atoms with Gasteiger partial charge >= 0.3 is 0 Å². The van der Waals surface area contributed by atoms with Crippen molar-refractivity contribution in [2.75, 3.05) is 42.6 Å². The van der Waals surface area contributed by atoms with E-state index < -0.39 is 9.84 Å². The van der Waals surface area contributed by atoms with Gasteiger partial charge in [0.25, 0.3) is 5.91 Å². The highest BCUT2D eigenvalue weighted by molar-refractivity contribution is 7.91. The van der Waals surface area contributed by atoms with Crippen LogP contribution >= 0.6 is 0 Å². The van der Waals surface area contributed by atoms with Crippen LogP contribution in [0.25, 0.3) is 11.3 Å². The Morgan fingerprint density at radius 2 is 1.70 bits per heavy atom. The summed E-state index contributed by atoms with van der Waals surface area (Å²) in [7, 11) is -2.91. The highest BCUT2D eigenvalue weighted by Crippen LogP contribution is 2.36. The van der Waals surface area contributed by atoms with Crippen LogP contribution in [0, 0.1) is 5.92 Å². The minimum atomic E-state index is -2.91. The Bertz CT molecular complexity index is 1350. The first-order valence-corrected chi connectivity index (χ1v) is 16.8.